The van der Waals surface area contributed by atoms with Crippen LogP contribution >= 0.6 is 0 Å². The van der Waals surface area contributed by atoms with E-state index in [9.17, 15) is 18.7 Å². The summed E-state index contributed by atoms with van der Waals surface area (Å²) in [6.45, 7) is -2.96. The summed E-state index contributed by atoms with van der Waals surface area (Å²) in [4.78, 5) is 11.8. The second-order valence-corrected chi connectivity index (χ2v) is 4.51. The topological polar surface area (TPSA) is 80.2 Å². The number of methoxy groups -OCH3 is 1. The number of amides is 1. The number of phenolic OH excluding ortho intramolecular Hbond substituents is 1. The number of carbonyl (C=O) groups is 1. The van der Waals surface area contributed by atoms with Crippen molar-refractivity contribution in [3.8, 4) is 17.2 Å². The van der Waals surface area contributed by atoms with E-state index in [0.29, 0.717) is 5.56 Å². The Kier molecular flexibility index (Phi) is 5.67. The van der Waals surface area contributed by atoms with E-state index >= 15 is 0 Å². The average molecular weight is 336 g/mol. The molecule has 0 atom stereocenters. The minimum atomic E-state index is -2.96. The molecule has 8 heteroatoms. The normalized spacial score (nSPS) is 10.8. The minimum Gasteiger partial charge on any atom is -0.507 e. The van der Waals surface area contributed by atoms with Gasteiger partial charge in [-0.25, -0.2) is 5.43 Å². The molecule has 126 valence electrons. The number of nitrogens with zero attached hydrogens (tertiary/aromatic N) is 1. The third kappa shape index (κ3) is 4.42. The molecule has 2 aromatic rings. The first-order valence-corrected chi connectivity index (χ1v) is 6.75. The summed E-state index contributed by atoms with van der Waals surface area (Å²) in [6.07, 6.45) is 1.30. The lowest BCUT2D eigenvalue weighted by atomic mass is 10.2. The molecule has 0 saturated carbocycles. The Labute approximate surface area is 136 Å². The quantitative estimate of drug-likeness (QED) is 0.628. The van der Waals surface area contributed by atoms with E-state index in [1.807, 2.05) is 0 Å². The molecule has 0 unspecified atom stereocenters. The fourth-order valence-electron chi connectivity index (χ4n) is 1.85. The van der Waals surface area contributed by atoms with Crippen LogP contribution in [0.15, 0.2) is 47.6 Å². The number of hydrazone groups is 1. The van der Waals surface area contributed by atoms with Crippen LogP contribution in [0.4, 0.5) is 8.78 Å². The van der Waals surface area contributed by atoms with Crippen molar-refractivity contribution < 1.29 is 28.2 Å². The predicted molar refractivity (Wildman–Crippen MR) is 82.8 cm³/mol. The number of rotatable bonds is 6. The van der Waals surface area contributed by atoms with Crippen LogP contribution in [0.2, 0.25) is 0 Å². The first-order chi connectivity index (χ1) is 11.5. The lowest BCUT2D eigenvalue weighted by Crippen LogP contribution is -2.17. The molecule has 0 aliphatic rings. The Balaban J connectivity index is 2.06. The van der Waals surface area contributed by atoms with Gasteiger partial charge in [0.1, 0.15) is 5.75 Å². The number of hydrogen-bond acceptors (Lipinski definition) is 5. The molecule has 0 saturated heterocycles. The molecule has 0 aliphatic heterocycles. The van der Waals surface area contributed by atoms with Gasteiger partial charge in [-0.1, -0.05) is 12.1 Å². The summed E-state index contributed by atoms with van der Waals surface area (Å²) in [7, 11) is 1.31. The molecule has 2 rings (SSSR count). The van der Waals surface area contributed by atoms with Gasteiger partial charge in [0, 0.05) is 0 Å². The van der Waals surface area contributed by atoms with Crippen molar-refractivity contribution in [3.63, 3.8) is 0 Å². The highest BCUT2D eigenvalue weighted by molar-refractivity contribution is 5.97. The molecule has 0 bridgehead atoms. The number of benzene rings is 2. The first-order valence-electron chi connectivity index (χ1n) is 6.75. The number of aromatic hydroxyl groups is 1. The van der Waals surface area contributed by atoms with Crippen LogP contribution in [0.3, 0.4) is 0 Å². The number of ether oxygens (including phenoxy) is 2. The maximum atomic E-state index is 12.3. The number of carbonyl (C=O) groups excluding carboxylic acids is 1. The summed E-state index contributed by atoms with van der Waals surface area (Å²) >= 11 is 0. The number of halogens is 2. The number of para-hydroxylation sites is 1. The highest BCUT2D eigenvalue weighted by atomic mass is 19.3. The van der Waals surface area contributed by atoms with Crippen molar-refractivity contribution in [3.05, 3.63) is 53.6 Å². The molecule has 1 amide bonds. The van der Waals surface area contributed by atoms with E-state index in [4.69, 9.17) is 4.74 Å². The van der Waals surface area contributed by atoms with Crippen LogP contribution in [0, 0.1) is 0 Å². The summed E-state index contributed by atoms with van der Waals surface area (Å²) in [6, 6.07) is 10.2. The van der Waals surface area contributed by atoms with Gasteiger partial charge in [-0.15, -0.1) is 0 Å². The first kappa shape index (κ1) is 17.2. The smallest absolute Gasteiger partial charge is 0.387 e. The Bertz CT molecular complexity index is 751. The Hall–Kier alpha value is -3.16. The summed E-state index contributed by atoms with van der Waals surface area (Å²) in [5, 5.41) is 13.3. The van der Waals surface area contributed by atoms with Gasteiger partial charge in [0.2, 0.25) is 0 Å². The van der Waals surface area contributed by atoms with Crippen molar-refractivity contribution in [1.82, 2.24) is 5.43 Å². The van der Waals surface area contributed by atoms with Crippen molar-refractivity contribution in [2.75, 3.05) is 7.11 Å². The Morgan fingerprint density at radius 1 is 1.25 bits per heavy atom. The molecular formula is C16H14F2N2O4. The van der Waals surface area contributed by atoms with Crippen molar-refractivity contribution in [1.29, 1.82) is 0 Å². The van der Waals surface area contributed by atoms with Gasteiger partial charge in [-0.2, -0.15) is 13.9 Å². The summed E-state index contributed by atoms with van der Waals surface area (Å²) < 4.78 is 33.8. The van der Waals surface area contributed by atoms with Crippen LogP contribution in [0.5, 0.6) is 17.2 Å². The van der Waals surface area contributed by atoms with Crippen LogP contribution < -0.4 is 14.9 Å². The molecule has 6 nitrogen and oxygen atoms in total. The second-order valence-electron chi connectivity index (χ2n) is 4.51. The van der Waals surface area contributed by atoms with E-state index < -0.39 is 12.5 Å². The third-order valence-electron chi connectivity index (χ3n) is 2.93. The van der Waals surface area contributed by atoms with Gasteiger partial charge in [0.05, 0.1) is 18.9 Å². The summed E-state index contributed by atoms with van der Waals surface area (Å²) in [5.74, 6) is -0.761. The van der Waals surface area contributed by atoms with Crippen LogP contribution in [-0.2, 0) is 0 Å². The summed E-state index contributed by atoms with van der Waals surface area (Å²) in [5.41, 5.74) is 2.82. The highest BCUT2D eigenvalue weighted by Gasteiger charge is 2.11. The van der Waals surface area contributed by atoms with E-state index in [2.05, 4.69) is 15.3 Å². The Morgan fingerprint density at radius 2 is 2.00 bits per heavy atom. The fourth-order valence-corrected chi connectivity index (χ4v) is 1.85. The van der Waals surface area contributed by atoms with Gasteiger partial charge in [0.15, 0.2) is 11.5 Å². The van der Waals surface area contributed by atoms with Crippen molar-refractivity contribution in [2.45, 2.75) is 6.61 Å². The van der Waals surface area contributed by atoms with Gasteiger partial charge < -0.3 is 14.6 Å². The van der Waals surface area contributed by atoms with Crippen LogP contribution in [0.25, 0.3) is 0 Å². The monoisotopic (exact) mass is 336 g/mol. The van der Waals surface area contributed by atoms with Gasteiger partial charge in [-0.3, -0.25) is 4.79 Å². The lowest BCUT2D eigenvalue weighted by Gasteiger charge is -2.10. The molecule has 0 fully saturated rings. The van der Waals surface area contributed by atoms with E-state index in [1.165, 1.54) is 43.7 Å². The SMILES string of the molecule is COc1cc(/C=N\NC(=O)c2ccccc2O)ccc1OC(F)F. The predicted octanol–water partition coefficient (Wildman–Crippen LogP) is 2.77. The standard InChI is InChI=1S/C16H14F2N2O4/c1-23-14-8-10(6-7-13(14)24-16(17)18)9-19-20-15(22)11-4-2-3-5-12(11)21/h2-9,16,21H,1H3,(H,20,22)/b19-9-. The fraction of sp³-hybridized carbons (Fsp3) is 0.125. The number of nitrogens with one attached hydrogen (secondary N) is 1. The zero-order valence-corrected chi connectivity index (χ0v) is 12.6. The number of phenols is 1. The maximum Gasteiger partial charge on any atom is 0.387 e. The average Bonchev–Trinajstić information content (AvgIpc) is 2.56. The zero-order chi connectivity index (χ0) is 17.5. The number of hydrogen-bond donors (Lipinski definition) is 2. The van der Waals surface area contributed by atoms with E-state index in [0.717, 1.165) is 0 Å². The van der Waals surface area contributed by atoms with Gasteiger partial charge in [0.25, 0.3) is 5.91 Å². The molecule has 2 N–H and O–H groups in total. The lowest BCUT2D eigenvalue weighted by molar-refractivity contribution is -0.0512. The van der Waals surface area contributed by atoms with E-state index in [-0.39, 0.29) is 22.8 Å². The van der Waals surface area contributed by atoms with Gasteiger partial charge in [-0.05, 0) is 35.9 Å². The van der Waals surface area contributed by atoms with Crippen molar-refractivity contribution in [2.24, 2.45) is 5.10 Å². The molecule has 24 heavy (non-hydrogen) atoms. The molecule has 0 aliphatic carbocycles. The van der Waals surface area contributed by atoms with E-state index in [1.54, 1.807) is 12.1 Å². The van der Waals surface area contributed by atoms with Gasteiger partial charge >= 0.3 is 6.61 Å². The molecule has 0 aromatic heterocycles. The zero-order valence-electron chi connectivity index (χ0n) is 12.6. The second kappa shape index (κ2) is 7.91. The van der Waals surface area contributed by atoms with Crippen molar-refractivity contribution >= 4 is 12.1 Å². The van der Waals surface area contributed by atoms with Crippen LogP contribution in [0.1, 0.15) is 15.9 Å². The molecular weight excluding hydrogens is 322 g/mol. The largest absolute Gasteiger partial charge is 0.507 e. The number of alkyl halides is 2. The third-order valence-corrected chi connectivity index (χ3v) is 2.93. The minimum absolute atomic E-state index is 0.0768. The van der Waals surface area contributed by atoms with Crippen LogP contribution in [-0.4, -0.2) is 30.9 Å². The molecule has 2 aromatic carbocycles. The maximum absolute atomic E-state index is 12.3. The molecule has 0 heterocycles. The highest BCUT2D eigenvalue weighted by Crippen LogP contribution is 2.28. The molecule has 0 spiro atoms. The Morgan fingerprint density at radius 3 is 2.67 bits per heavy atom. The molecule has 0 radical (unpaired) electrons.